The molecule has 240 valence electrons. The normalized spacial score (nSPS) is 13.2. The van der Waals surface area contributed by atoms with Gasteiger partial charge in [0, 0.05) is 25.2 Å². The second-order valence-corrected chi connectivity index (χ2v) is 13.4. The third-order valence-electron chi connectivity index (χ3n) is 8.21. The molecule has 1 aliphatic rings. The molecule has 1 N–H and O–H groups in total. The van der Waals surface area contributed by atoms with Crippen LogP contribution >= 0.6 is 0 Å². The van der Waals surface area contributed by atoms with Crippen molar-refractivity contribution in [2.75, 3.05) is 33.9 Å². The van der Waals surface area contributed by atoms with Gasteiger partial charge in [0.05, 0.1) is 25.5 Å². The predicted molar refractivity (Wildman–Crippen MR) is 179 cm³/mol. The molecule has 1 saturated heterocycles. The number of methoxy groups -OCH3 is 2. The highest BCUT2D eigenvalue weighted by atomic mass is 32.2. The van der Waals surface area contributed by atoms with E-state index in [2.05, 4.69) is 5.32 Å². The molecule has 9 heteroatoms. The Morgan fingerprint density at radius 3 is 2.26 bits per heavy atom. The summed E-state index contributed by atoms with van der Waals surface area (Å²) in [4.78, 5) is 27.7. The van der Waals surface area contributed by atoms with Crippen molar-refractivity contribution >= 4 is 21.7 Å². The number of ether oxygens (including phenoxy) is 2. The highest BCUT2D eigenvalue weighted by molar-refractivity contribution is 7.90. The van der Waals surface area contributed by atoms with Crippen LogP contribution in [0.15, 0.2) is 95.9 Å². The molecule has 46 heavy (non-hydrogen) atoms. The summed E-state index contributed by atoms with van der Waals surface area (Å²) in [6, 6.07) is 27.0. The Morgan fingerprint density at radius 1 is 0.761 bits per heavy atom. The summed E-state index contributed by atoms with van der Waals surface area (Å²) in [5.74, 6) is 0.396. The van der Waals surface area contributed by atoms with Gasteiger partial charge in [-0.05, 0) is 90.8 Å². The van der Waals surface area contributed by atoms with Crippen LogP contribution in [0.1, 0.15) is 57.5 Å². The first-order chi connectivity index (χ1) is 22.3. The molecule has 0 saturated carbocycles. The fourth-order valence-corrected chi connectivity index (χ4v) is 7.34. The average molecular weight is 641 g/mol. The van der Waals surface area contributed by atoms with Gasteiger partial charge in [0.15, 0.2) is 9.84 Å². The highest BCUT2D eigenvalue weighted by Gasteiger charge is 2.23. The number of carbonyl (C=O) groups excluding carboxylic acids is 2. The minimum Gasteiger partial charge on any atom is -0.496 e. The number of likely N-dealkylation sites (tertiary alicyclic amines) is 1. The van der Waals surface area contributed by atoms with Gasteiger partial charge in [-0.15, -0.1) is 0 Å². The minimum atomic E-state index is -3.79. The van der Waals surface area contributed by atoms with Crippen molar-refractivity contribution in [1.29, 1.82) is 0 Å². The van der Waals surface area contributed by atoms with Gasteiger partial charge in [-0.1, -0.05) is 54.6 Å². The van der Waals surface area contributed by atoms with Crippen LogP contribution in [0.5, 0.6) is 11.5 Å². The second kappa shape index (κ2) is 15.1. The monoisotopic (exact) mass is 640 g/mol. The third kappa shape index (κ3) is 7.95. The molecule has 0 aliphatic carbocycles. The van der Waals surface area contributed by atoms with E-state index in [9.17, 15) is 18.0 Å². The first kappa shape index (κ1) is 32.8. The van der Waals surface area contributed by atoms with Crippen molar-refractivity contribution in [2.45, 2.75) is 42.8 Å². The van der Waals surface area contributed by atoms with Crippen LogP contribution in [0.4, 0.5) is 0 Å². The van der Waals surface area contributed by atoms with Crippen LogP contribution < -0.4 is 14.8 Å². The van der Waals surface area contributed by atoms with Crippen LogP contribution in [0.25, 0.3) is 11.1 Å². The number of piperidine rings is 1. The standard InChI is InChI=1S/C37H40N2O6S/c1-44-33-17-5-4-16-32(33)36(40)38-20-10-13-27-11-8-12-28(23-27)26-46(42,43)35-25-30(18-19-34(35)45-2)29-14-9-15-31(24-29)37(41)39-21-6-3-7-22-39/h4-5,8-9,11-12,14-19,23-25H,3,6-7,10,13,20-22,26H2,1-2H3,(H,38,40). The number of para-hydroxylation sites is 1. The fourth-order valence-electron chi connectivity index (χ4n) is 5.80. The maximum absolute atomic E-state index is 13.8. The van der Waals surface area contributed by atoms with E-state index in [0.717, 1.165) is 43.5 Å². The van der Waals surface area contributed by atoms with Gasteiger partial charge < -0.3 is 19.7 Å². The predicted octanol–water partition coefficient (Wildman–Crippen LogP) is 6.33. The van der Waals surface area contributed by atoms with Gasteiger partial charge in [-0.3, -0.25) is 9.59 Å². The quantitative estimate of drug-likeness (QED) is 0.182. The van der Waals surface area contributed by atoms with Gasteiger partial charge in [-0.2, -0.15) is 0 Å². The summed E-state index contributed by atoms with van der Waals surface area (Å²) in [6.45, 7) is 1.99. The van der Waals surface area contributed by atoms with E-state index in [1.807, 2.05) is 59.5 Å². The first-order valence-electron chi connectivity index (χ1n) is 15.6. The van der Waals surface area contributed by atoms with Crippen molar-refractivity contribution in [3.05, 3.63) is 113 Å². The number of nitrogens with one attached hydrogen (secondary N) is 1. The zero-order valence-corrected chi connectivity index (χ0v) is 27.1. The van der Waals surface area contributed by atoms with Crippen molar-refractivity contribution in [3.8, 4) is 22.6 Å². The van der Waals surface area contributed by atoms with E-state index in [4.69, 9.17) is 9.47 Å². The summed E-state index contributed by atoms with van der Waals surface area (Å²) in [7, 11) is -0.799. The van der Waals surface area contributed by atoms with Crippen LogP contribution in [0, 0.1) is 0 Å². The van der Waals surface area contributed by atoms with Crippen LogP contribution in [0.2, 0.25) is 0 Å². The van der Waals surface area contributed by atoms with Gasteiger partial charge in [-0.25, -0.2) is 8.42 Å². The van der Waals surface area contributed by atoms with Gasteiger partial charge in [0.1, 0.15) is 16.4 Å². The number of benzene rings is 4. The fraction of sp³-hybridized carbons (Fsp3) is 0.297. The molecule has 0 radical (unpaired) electrons. The number of hydrogen-bond donors (Lipinski definition) is 1. The molecular weight excluding hydrogens is 600 g/mol. The van der Waals surface area contributed by atoms with Gasteiger partial charge >= 0.3 is 0 Å². The number of aryl methyl sites for hydroxylation is 1. The molecule has 0 unspecified atom stereocenters. The number of amides is 2. The van der Waals surface area contributed by atoms with Crippen LogP contribution in [0.3, 0.4) is 0 Å². The number of nitrogens with zero attached hydrogens (tertiary/aromatic N) is 1. The molecule has 4 aromatic carbocycles. The Balaban J connectivity index is 1.26. The maximum Gasteiger partial charge on any atom is 0.255 e. The van der Waals surface area contributed by atoms with E-state index in [0.29, 0.717) is 47.4 Å². The summed E-state index contributed by atoms with van der Waals surface area (Å²) in [5, 5.41) is 2.93. The molecule has 4 aromatic rings. The second-order valence-electron chi connectivity index (χ2n) is 11.4. The molecule has 0 bridgehead atoms. The van der Waals surface area contributed by atoms with Gasteiger partial charge in [0.2, 0.25) is 0 Å². The van der Waals surface area contributed by atoms with Crippen molar-refractivity contribution in [1.82, 2.24) is 10.2 Å². The summed E-state index contributed by atoms with van der Waals surface area (Å²) >= 11 is 0. The van der Waals surface area contributed by atoms with E-state index in [1.165, 1.54) is 14.2 Å². The molecule has 1 heterocycles. The number of rotatable bonds is 12. The Bertz CT molecular complexity index is 1800. The molecule has 5 rings (SSSR count). The smallest absolute Gasteiger partial charge is 0.255 e. The Morgan fingerprint density at radius 2 is 1.48 bits per heavy atom. The van der Waals surface area contributed by atoms with Crippen LogP contribution in [-0.4, -0.2) is 59.0 Å². The molecule has 0 atom stereocenters. The Labute approximate surface area is 271 Å². The summed E-state index contributed by atoms with van der Waals surface area (Å²) < 4.78 is 38.3. The third-order valence-corrected chi connectivity index (χ3v) is 9.91. The number of carbonyl (C=O) groups is 2. The highest BCUT2D eigenvalue weighted by Crippen LogP contribution is 2.33. The molecule has 1 aliphatic heterocycles. The first-order valence-corrected chi connectivity index (χ1v) is 17.2. The molecular formula is C37H40N2O6S. The number of hydrogen-bond acceptors (Lipinski definition) is 6. The summed E-state index contributed by atoms with van der Waals surface area (Å²) in [5.41, 5.74) is 4.18. The minimum absolute atomic E-state index is 0.00148. The molecule has 0 aromatic heterocycles. The Kier molecular flexibility index (Phi) is 10.8. The lowest BCUT2D eigenvalue weighted by Crippen LogP contribution is -2.35. The van der Waals surface area contributed by atoms with Crippen molar-refractivity contribution < 1.29 is 27.5 Å². The lowest BCUT2D eigenvalue weighted by molar-refractivity contribution is 0.0724. The molecule has 2 amide bonds. The Hall–Kier alpha value is -4.63. The average Bonchev–Trinajstić information content (AvgIpc) is 3.09. The maximum atomic E-state index is 13.8. The van der Waals surface area contributed by atoms with E-state index >= 15 is 0 Å². The molecule has 8 nitrogen and oxygen atoms in total. The lowest BCUT2D eigenvalue weighted by Gasteiger charge is -2.26. The van der Waals surface area contributed by atoms with E-state index in [1.54, 1.807) is 36.4 Å². The van der Waals surface area contributed by atoms with E-state index < -0.39 is 9.84 Å². The largest absolute Gasteiger partial charge is 0.496 e. The van der Waals surface area contributed by atoms with E-state index in [-0.39, 0.29) is 28.2 Å². The molecule has 1 fully saturated rings. The zero-order chi connectivity index (χ0) is 32.5. The zero-order valence-electron chi connectivity index (χ0n) is 26.3. The van der Waals surface area contributed by atoms with Gasteiger partial charge in [0.25, 0.3) is 11.8 Å². The van der Waals surface area contributed by atoms with Crippen molar-refractivity contribution in [3.63, 3.8) is 0 Å². The topological polar surface area (TPSA) is 102 Å². The van der Waals surface area contributed by atoms with Crippen molar-refractivity contribution in [2.24, 2.45) is 0 Å². The van der Waals surface area contributed by atoms with Crippen LogP contribution in [-0.2, 0) is 22.0 Å². The SMILES string of the molecule is COc1ccccc1C(=O)NCCCc1cccc(CS(=O)(=O)c2cc(-c3cccc(C(=O)N4CCCCC4)c3)ccc2OC)c1. The lowest BCUT2D eigenvalue weighted by atomic mass is 10.0. The molecule has 0 spiro atoms. The number of sulfone groups is 1. The summed E-state index contributed by atoms with van der Waals surface area (Å²) in [6.07, 6.45) is 4.52.